The lowest BCUT2D eigenvalue weighted by Gasteiger charge is -2.28. The Hall–Kier alpha value is -1.88. The largest absolute Gasteiger partial charge is 0.461 e. The van der Waals surface area contributed by atoms with E-state index in [0.29, 0.717) is 12.0 Å². The zero-order valence-corrected chi connectivity index (χ0v) is 14.6. The smallest absolute Gasteiger partial charge is 0.334 e. The Labute approximate surface area is 143 Å². The maximum atomic E-state index is 12.2. The van der Waals surface area contributed by atoms with E-state index in [-0.39, 0.29) is 6.42 Å². The van der Waals surface area contributed by atoms with E-state index in [0.717, 1.165) is 18.4 Å². The molecule has 0 spiro atoms. The molecule has 2 rings (SSSR count). The van der Waals surface area contributed by atoms with Crippen LogP contribution in [0.15, 0.2) is 36.0 Å². The van der Waals surface area contributed by atoms with Gasteiger partial charge in [-0.05, 0) is 39.7 Å². The van der Waals surface area contributed by atoms with E-state index >= 15 is 0 Å². The Morgan fingerprint density at radius 1 is 1.46 bits per heavy atom. The van der Waals surface area contributed by atoms with E-state index < -0.39 is 35.7 Å². The summed E-state index contributed by atoms with van der Waals surface area (Å²) in [7, 11) is 0. The summed E-state index contributed by atoms with van der Waals surface area (Å²) in [5.74, 6) is -1.34. The van der Waals surface area contributed by atoms with Gasteiger partial charge in [-0.2, -0.15) is 0 Å². The van der Waals surface area contributed by atoms with Gasteiger partial charge in [-0.1, -0.05) is 24.3 Å². The Morgan fingerprint density at radius 2 is 2.17 bits per heavy atom. The minimum atomic E-state index is -1.14. The zero-order chi connectivity index (χ0) is 17.9. The minimum absolute atomic E-state index is 0.110. The standard InChI is InChI=1S/C19H26O5/c1-12-8-6-5-7-9-14-17(13(2)18(21)24-14)15(10-12)23-16(20)11-19(3,4)22/h7-9,14-15,17,22H,2,5-6,10-11H2,1,3-4H3. The molecule has 1 N–H and O–H groups in total. The SMILES string of the molecule is C=C1C(=O)OC2C=CCCC=C(C)CC(OC(=O)CC(C)(C)O)C12. The molecule has 1 aliphatic carbocycles. The fraction of sp³-hybridized carbons (Fsp3) is 0.579. The second kappa shape index (κ2) is 7.34. The normalized spacial score (nSPS) is 28.0. The molecule has 2 aliphatic rings. The third-order valence-electron chi connectivity index (χ3n) is 4.20. The molecule has 24 heavy (non-hydrogen) atoms. The summed E-state index contributed by atoms with van der Waals surface area (Å²) >= 11 is 0. The topological polar surface area (TPSA) is 72.8 Å². The van der Waals surface area contributed by atoms with Crippen LogP contribution in [0, 0.1) is 5.92 Å². The lowest BCUT2D eigenvalue weighted by molar-refractivity contribution is -0.156. The molecular formula is C19H26O5. The summed E-state index contributed by atoms with van der Waals surface area (Å²) in [6, 6.07) is 0. The Kier molecular flexibility index (Phi) is 5.65. The summed E-state index contributed by atoms with van der Waals surface area (Å²) in [5.41, 5.74) is 0.285. The second-order valence-electron chi connectivity index (χ2n) is 7.20. The molecule has 1 fully saturated rings. The van der Waals surface area contributed by atoms with Crippen LogP contribution in [0.4, 0.5) is 0 Å². The number of ether oxygens (including phenoxy) is 2. The van der Waals surface area contributed by atoms with Crippen LogP contribution in [0.3, 0.4) is 0 Å². The van der Waals surface area contributed by atoms with Crippen molar-refractivity contribution in [1.29, 1.82) is 0 Å². The van der Waals surface area contributed by atoms with Crippen LogP contribution in [0.2, 0.25) is 0 Å². The van der Waals surface area contributed by atoms with E-state index in [1.54, 1.807) is 13.8 Å². The van der Waals surface area contributed by atoms with Gasteiger partial charge < -0.3 is 14.6 Å². The first kappa shape index (κ1) is 18.5. The van der Waals surface area contributed by atoms with Crippen LogP contribution in [-0.2, 0) is 19.1 Å². The molecule has 0 saturated carbocycles. The number of rotatable bonds is 3. The monoisotopic (exact) mass is 334 g/mol. The van der Waals surface area contributed by atoms with Crippen molar-refractivity contribution in [1.82, 2.24) is 0 Å². The highest BCUT2D eigenvalue weighted by Crippen LogP contribution is 2.35. The van der Waals surface area contributed by atoms with Gasteiger partial charge in [0.25, 0.3) is 0 Å². The third-order valence-corrected chi connectivity index (χ3v) is 4.20. The Morgan fingerprint density at radius 3 is 2.83 bits per heavy atom. The van der Waals surface area contributed by atoms with Gasteiger partial charge in [0, 0.05) is 12.0 Å². The number of aliphatic hydroxyl groups is 1. The van der Waals surface area contributed by atoms with E-state index in [1.807, 2.05) is 19.1 Å². The van der Waals surface area contributed by atoms with Crippen molar-refractivity contribution >= 4 is 11.9 Å². The highest BCUT2D eigenvalue weighted by molar-refractivity contribution is 5.91. The summed E-state index contributed by atoms with van der Waals surface area (Å²) in [6.07, 6.45) is 7.11. The van der Waals surface area contributed by atoms with Gasteiger partial charge in [0.1, 0.15) is 12.2 Å². The van der Waals surface area contributed by atoms with Gasteiger partial charge in [-0.3, -0.25) is 4.79 Å². The van der Waals surface area contributed by atoms with Crippen LogP contribution in [0.25, 0.3) is 0 Å². The van der Waals surface area contributed by atoms with E-state index in [9.17, 15) is 14.7 Å². The lowest BCUT2D eigenvalue weighted by Crippen LogP contribution is -2.35. The maximum absolute atomic E-state index is 12.2. The molecule has 1 aliphatic heterocycles. The molecule has 0 aromatic rings. The predicted octanol–water partition coefficient (Wildman–Crippen LogP) is 2.84. The molecule has 0 amide bonds. The van der Waals surface area contributed by atoms with Crippen molar-refractivity contribution < 1.29 is 24.2 Å². The zero-order valence-electron chi connectivity index (χ0n) is 14.6. The molecule has 0 aromatic heterocycles. The molecule has 3 atom stereocenters. The number of allylic oxidation sites excluding steroid dienone is 2. The summed E-state index contributed by atoms with van der Waals surface area (Å²) in [5, 5.41) is 9.81. The minimum Gasteiger partial charge on any atom is -0.461 e. The molecule has 0 aromatic carbocycles. The maximum Gasteiger partial charge on any atom is 0.334 e. The number of hydrogen-bond donors (Lipinski definition) is 1. The van der Waals surface area contributed by atoms with Crippen LogP contribution in [0.5, 0.6) is 0 Å². The first-order valence-corrected chi connectivity index (χ1v) is 8.31. The summed E-state index contributed by atoms with van der Waals surface area (Å²) < 4.78 is 11.0. The van der Waals surface area contributed by atoms with Crippen LogP contribution in [-0.4, -0.2) is 34.9 Å². The van der Waals surface area contributed by atoms with E-state index in [2.05, 4.69) is 12.7 Å². The van der Waals surface area contributed by atoms with Crippen molar-refractivity contribution in [3.63, 3.8) is 0 Å². The average Bonchev–Trinajstić information content (AvgIpc) is 2.70. The van der Waals surface area contributed by atoms with Crippen molar-refractivity contribution in [3.8, 4) is 0 Å². The molecule has 5 nitrogen and oxygen atoms in total. The molecular weight excluding hydrogens is 308 g/mol. The number of carbonyl (C=O) groups excluding carboxylic acids is 2. The van der Waals surface area contributed by atoms with Crippen molar-refractivity contribution in [3.05, 3.63) is 36.0 Å². The van der Waals surface area contributed by atoms with Crippen molar-refractivity contribution in [2.24, 2.45) is 5.92 Å². The predicted molar refractivity (Wildman–Crippen MR) is 90.1 cm³/mol. The summed E-state index contributed by atoms with van der Waals surface area (Å²) in [4.78, 5) is 24.1. The fourth-order valence-electron chi connectivity index (χ4n) is 3.06. The first-order chi connectivity index (χ1) is 11.2. The van der Waals surface area contributed by atoms with Gasteiger partial charge in [0.2, 0.25) is 0 Å². The second-order valence-corrected chi connectivity index (χ2v) is 7.20. The van der Waals surface area contributed by atoms with Gasteiger partial charge in [-0.25, -0.2) is 4.79 Å². The van der Waals surface area contributed by atoms with Crippen LogP contribution < -0.4 is 0 Å². The highest BCUT2D eigenvalue weighted by atomic mass is 16.6. The highest BCUT2D eigenvalue weighted by Gasteiger charge is 2.44. The van der Waals surface area contributed by atoms with Gasteiger partial charge in [0.05, 0.1) is 17.9 Å². The van der Waals surface area contributed by atoms with Gasteiger partial charge in [0.15, 0.2) is 0 Å². The quantitative estimate of drug-likeness (QED) is 0.488. The molecule has 1 saturated heterocycles. The molecule has 0 bridgehead atoms. The van der Waals surface area contributed by atoms with E-state index in [4.69, 9.17) is 9.47 Å². The molecule has 3 unspecified atom stereocenters. The number of hydrogen-bond acceptors (Lipinski definition) is 5. The molecule has 1 heterocycles. The van der Waals surface area contributed by atoms with Gasteiger partial charge >= 0.3 is 11.9 Å². The van der Waals surface area contributed by atoms with E-state index in [1.165, 1.54) is 0 Å². The molecule has 132 valence electrons. The molecule has 5 heteroatoms. The van der Waals surface area contributed by atoms with Crippen molar-refractivity contribution in [2.45, 2.75) is 64.3 Å². The van der Waals surface area contributed by atoms with Crippen LogP contribution >= 0.6 is 0 Å². The first-order valence-electron chi connectivity index (χ1n) is 8.31. The van der Waals surface area contributed by atoms with Crippen molar-refractivity contribution in [2.75, 3.05) is 0 Å². The average molecular weight is 334 g/mol. The Bertz CT molecular complexity index is 579. The molecule has 0 radical (unpaired) electrons. The van der Waals surface area contributed by atoms with Crippen LogP contribution in [0.1, 0.15) is 46.5 Å². The fourth-order valence-corrected chi connectivity index (χ4v) is 3.06. The number of carbonyl (C=O) groups is 2. The number of esters is 2. The summed E-state index contributed by atoms with van der Waals surface area (Å²) in [6.45, 7) is 8.93. The van der Waals surface area contributed by atoms with Gasteiger partial charge in [-0.15, -0.1) is 0 Å². The Balaban J connectivity index is 2.25. The number of fused-ring (bicyclic) bond motifs is 1. The lowest BCUT2D eigenvalue weighted by atomic mass is 9.86. The third kappa shape index (κ3) is 4.81.